The van der Waals surface area contributed by atoms with E-state index < -0.39 is 11.7 Å². The molecule has 0 amide bonds. The van der Waals surface area contributed by atoms with Crippen LogP contribution in [0.2, 0.25) is 0 Å². The lowest BCUT2D eigenvalue weighted by Crippen LogP contribution is -2.04. The summed E-state index contributed by atoms with van der Waals surface area (Å²) in [6.45, 7) is 5.37. The Morgan fingerprint density at radius 2 is 1.77 bits per heavy atom. The second-order valence-corrected chi connectivity index (χ2v) is 4.86. The van der Waals surface area contributed by atoms with Gasteiger partial charge in [0.2, 0.25) is 0 Å². The summed E-state index contributed by atoms with van der Waals surface area (Å²) in [6.07, 6.45) is -0.386. The Labute approximate surface area is 127 Å². The second kappa shape index (κ2) is 6.52. The van der Waals surface area contributed by atoms with E-state index in [9.17, 15) is 13.2 Å². The fourth-order valence-corrected chi connectivity index (χ4v) is 2.08. The molecule has 3 rings (SSSR count). The van der Waals surface area contributed by atoms with Gasteiger partial charge in [0.15, 0.2) is 0 Å². The standard InChI is InChI=1S/C10H9N.C8H7F3/c1-2-8-7-11-10-6-4-3-5-9(8)10;1-6-3-2-4-7(5-6)8(9,10)11/h2-7,11H,1H2;2-5H,1H3. The van der Waals surface area contributed by atoms with Crippen molar-refractivity contribution in [1.82, 2.24) is 4.98 Å². The van der Waals surface area contributed by atoms with Crippen LogP contribution in [0.25, 0.3) is 17.0 Å². The molecule has 0 aliphatic rings. The number of halogens is 3. The number of aromatic amines is 1. The van der Waals surface area contributed by atoms with Gasteiger partial charge in [0.25, 0.3) is 0 Å². The number of rotatable bonds is 1. The van der Waals surface area contributed by atoms with Crippen molar-refractivity contribution in [3.05, 3.63) is 78.0 Å². The van der Waals surface area contributed by atoms with E-state index in [4.69, 9.17) is 0 Å². The summed E-state index contributed by atoms with van der Waals surface area (Å²) in [5.41, 5.74) is 2.38. The number of para-hydroxylation sites is 1. The van der Waals surface area contributed by atoms with Crippen LogP contribution < -0.4 is 0 Å². The lowest BCUT2D eigenvalue weighted by atomic mass is 10.1. The van der Waals surface area contributed by atoms with E-state index in [0.29, 0.717) is 5.56 Å². The SMILES string of the molecule is C=Cc1c[nH]c2ccccc12.Cc1cccc(C(F)(F)F)c1. The third-order valence-electron chi connectivity index (χ3n) is 3.19. The van der Waals surface area contributed by atoms with Crippen LogP contribution in [0.5, 0.6) is 0 Å². The summed E-state index contributed by atoms with van der Waals surface area (Å²) in [5.74, 6) is 0. The number of H-pyrrole nitrogens is 1. The van der Waals surface area contributed by atoms with Crippen LogP contribution in [0.15, 0.2) is 61.3 Å². The number of hydrogen-bond donors (Lipinski definition) is 1. The van der Waals surface area contributed by atoms with E-state index in [-0.39, 0.29) is 0 Å². The molecule has 0 atom stereocenters. The van der Waals surface area contributed by atoms with Crippen molar-refractivity contribution in [2.75, 3.05) is 0 Å². The van der Waals surface area contributed by atoms with Gasteiger partial charge in [-0.15, -0.1) is 0 Å². The quantitative estimate of drug-likeness (QED) is 0.582. The van der Waals surface area contributed by atoms with Crippen LogP contribution in [0.4, 0.5) is 13.2 Å². The molecule has 1 aromatic heterocycles. The van der Waals surface area contributed by atoms with E-state index in [2.05, 4.69) is 23.7 Å². The number of fused-ring (bicyclic) bond motifs is 1. The minimum Gasteiger partial charge on any atom is -0.361 e. The van der Waals surface area contributed by atoms with E-state index in [1.54, 1.807) is 13.0 Å². The molecule has 4 heteroatoms. The first kappa shape index (κ1) is 15.9. The third-order valence-corrected chi connectivity index (χ3v) is 3.19. The lowest BCUT2D eigenvalue weighted by Gasteiger charge is -2.05. The topological polar surface area (TPSA) is 15.8 Å². The van der Waals surface area contributed by atoms with Gasteiger partial charge in [0, 0.05) is 17.1 Å². The van der Waals surface area contributed by atoms with Gasteiger partial charge in [0.05, 0.1) is 5.56 Å². The first-order chi connectivity index (χ1) is 10.4. The lowest BCUT2D eigenvalue weighted by molar-refractivity contribution is -0.137. The molecule has 0 fully saturated rings. The predicted molar refractivity (Wildman–Crippen MR) is 84.6 cm³/mol. The van der Waals surface area contributed by atoms with Crippen molar-refractivity contribution in [2.24, 2.45) is 0 Å². The third kappa shape index (κ3) is 3.79. The average Bonchev–Trinajstić information content (AvgIpc) is 2.90. The minimum absolute atomic E-state index is 0.586. The first-order valence-corrected chi connectivity index (χ1v) is 6.74. The van der Waals surface area contributed by atoms with Crippen LogP contribution in [-0.2, 0) is 6.18 Å². The fourth-order valence-electron chi connectivity index (χ4n) is 2.08. The van der Waals surface area contributed by atoms with Crippen LogP contribution in [-0.4, -0.2) is 4.98 Å². The minimum atomic E-state index is -4.22. The monoisotopic (exact) mass is 303 g/mol. The van der Waals surface area contributed by atoms with Crippen LogP contribution in [0.3, 0.4) is 0 Å². The zero-order valence-corrected chi connectivity index (χ0v) is 12.1. The van der Waals surface area contributed by atoms with E-state index in [1.165, 1.54) is 22.5 Å². The molecule has 1 N–H and O–H groups in total. The van der Waals surface area contributed by atoms with E-state index in [1.807, 2.05) is 24.4 Å². The van der Waals surface area contributed by atoms with Gasteiger partial charge >= 0.3 is 6.18 Å². The normalized spacial score (nSPS) is 10.9. The largest absolute Gasteiger partial charge is 0.416 e. The van der Waals surface area contributed by atoms with Crippen LogP contribution >= 0.6 is 0 Å². The number of hydrogen-bond acceptors (Lipinski definition) is 0. The summed E-state index contributed by atoms with van der Waals surface area (Å²) in [6, 6.07) is 13.4. The summed E-state index contributed by atoms with van der Waals surface area (Å²) < 4.78 is 35.9. The molecular weight excluding hydrogens is 287 g/mol. The van der Waals surface area contributed by atoms with Crippen LogP contribution in [0, 0.1) is 6.92 Å². The summed E-state index contributed by atoms with van der Waals surface area (Å²) in [4.78, 5) is 3.17. The Hall–Kier alpha value is -2.49. The number of nitrogens with one attached hydrogen (secondary N) is 1. The second-order valence-electron chi connectivity index (χ2n) is 4.86. The van der Waals surface area contributed by atoms with Gasteiger partial charge in [0.1, 0.15) is 0 Å². The maximum Gasteiger partial charge on any atom is 0.416 e. The zero-order valence-electron chi connectivity index (χ0n) is 12.1. The molecule has 0 saturated heterocycles. The Bertz CT molecular complexity index is 769. The van der Waals surface area contributed by atoms with Gasteiger partial charge in [-0.25, -0.2) is 0 Å². The Morgan fingerprint density at radius 3 is 2.36 bits per heavy atom. The molecule has 0 aliphatic heterocycles. The highest BCUT2D eigenvalue weighted by atomic mass is 19.4. The number of benzene rings is 2. The molecule has 0 spiro atoms. The Balaban J connectivity index is 0.000000160. The molecule has 0 unspecified atom stereocenters. The summed E-state index contributed by atoms with van der Waals surface area (Å²) in [7, 11) is 0. The first-order valence-electron chi connectivity index (χ1n) is 6.74. The molecule has 0 radical (unpaired) electrons. The molecule has 0 bridgehead atoms. The molecular formula is C18H16F3N. The Kier molecular flexibility index (Phi) is 4.71. The number of aromatic nitrogens is 1. The van der Waals surface area contributed by atoms with Crippen molar-refractivity contribution in [3.8, 4) is 0 Å². The molecule has 3 aromatic rings. The molecule has 0 aliphatic carbocycles. The number of aryl methyl sites for hydroxylation is 1. The van der Waals surface area contributed by atoms with Crippen molar-refractivity contribution in [1.29, 1.82) is 0 Å². The van der Waals surface area contributed by atoms with Gasteiger partial charge in [-0.3, -0.25) is 0 Å². The summed E-state index contributed by atoms with van der Waals surface area (Å²) in [5, 5.41) is 1.24. The van der Waals surface area contributed by atoms with Crippen molar-refractivity contribution in [2.45, 2.75) is 13.1 Å². The van der Waals surface area contributed by atoms with E-state index in [0.717, 1.165) is 12.1 Å². The number of alkyl halides is 3. The highest BCUT2D eigenvalue weighted by molar-refractivity contribution is 5.88. The highest BCUT2D eigenvalue weighted by Gasteiger charge is 2.29. The Morgan fingerprint density at radius 1 is 1.05 bits per heavy atom. The molecule has 1 nitrogen and oxygen atoms in total. The van der Waals surface area contributed by atoms with Gasteiger partial charge in [-0.1, -0.05) is 54.6 Å². The fraction of sp³-hybridized carbons (Fsp3) is 0.111. The maximum absolute atomic E-state index is 12.0. The molecule has 114 valence electrons. The maximum atomic E-state index is 12.0. The zero-order chi connectivity index (χ0) is 16.2. The molecule has 0 saturated carbocycles. The molecule has 2 aromatic carbocycles. The van der Waals surface area contributed by atoms with Gasteiger partial charge in [-0.05, 0) is 24.6 Å². The smallest absolute Gasteiger partial charge is 0.361 e. The van der Waals surface area contributed by atoms with E-state index >= 15 is 0 Å². The van der Waals surface area contributed by atoms with Gasteiger partial charge in [-0.2, -0.15) is 13.2 Å². The average molecular weight is 303 g/mol. The van der Waals surface area contributed by atoms with Crippen molar-refractivity contribution in [3.63, 3.8) is 0 Å². The van der Waals surface area contributed by atoms with Crippen molar-refractivity contribution < 1.29 is 13.2 Å². The highest BCUT2D eigenvalue weighted by Crippen LogP contribution is 2.29. The molecule has 1 heterocycles. The molecule has 22 heavy (non-hydrogen) atoms. The summed E-state index contributed by atoms with van der Waals surface area (Å²) >= 11 is 0. The van der Waals surface area contributed by atoms with Crippen molar-refractivity contribution >= 4 is 17.0 Å². The predicted octanol–water partition coefficient (Wildman–Crippen LogP) is 5.82. The van der Waals surface area contributed by atoms with Crippen LogP contribution in [0.1, 0.15) is 16.7 Å². The van der Waals surface area contributed by atoms with Gasteiger partial charge < -0.3 is 4.98 Å².